The molecule has 4 rings (SSSR count). The smallest absolute Gasteiger partial charge is 0.282 e. The Morgan fingerprint density at radius 1 is 1.18 bits per heavy atom. The second kappa shape index (κ2) is 9.14. The van der Waals surface area contributed by atoms with E-state index in [1.165, 1.54) is 0 Å². The van der Waals surface area contributed by atoms with Crippen molar-refractivity contribution in [1.29, 1.82) is 0 Å². The van der Waals surface area contributed by atoms with E-state index >= 15 is 0 Å². The minimum absolute atomic E-state index is 0.0415. The molecule has 4 N–H and O–H groups in total. The van der Waals surface area contributed by atoms with Gasteiger partial charge in [-0.2, -0.15) is 0 Å². The molecule has 0 radical (unpaired) electrons. The molecule has 0 bridgehead atoms. The molecule has 4 heterocycles. The number of carbonyl (C=O) groups excluding carboxylic acids is 1. The average Bonchev–Trinajstić information content (AvgIpc) is 2.87. The molecule has 174 valence electrons. The van der Waals surface area contributed by atoms with Gasteiger partial charge in [0.1, 0.15) is 17.4 Å². The van der Waals surface area contributed by atoms with Crippen LogP contribution < -0.4 is 16.4 Å². The Bertz CT molecular complexity index is 1130. The third kappa shape index (κ3) is 5.28. The molecule has 33 heavy (non-hydrogen) atoms. The van der Waals surface area contributed by atoms with Crippen molar-refractivity contribution in [2.24, 2.45) is 16.5 Å². The Morgan fingerprint density at radius 2 is 1.94 bits per heavy atom. The van der Waals surface area contributed by atoms with Crippen molar-refractivity contribution < 1.29 is 9.53 Å². The zero-order valence-corrected chi connectivity index (χ0v) is 19.2. The first-order valence-corrected chi connectivity index (χ1v) is 11.0. The van der Waals surface area contributed by atoms with Gasteiger partial charge in [-0.05, 0) is 44.6 Å². The second-order valence-corrected chi connectivity index (χ2v) is 8.79. The fraction of sp³-hybridized carbons (Fsp3) is 0.435. The summed E-state index contributed by atoms with van der Waals surface area (Å²) in [4.78, 5) is 34.6. The number of aliphatic imine (C=N–C) groups is 1. The molecule has 1 fully saturated rings. The van der Waals surface area contributed by atoms with Gasteiger partial charge in [0, 0.05) is 26.2 Å². The fourth-order valence-corrected chi connectivity index (χ4v) is 3.75. The Balaban J connectivity index is 1.55. The molecule has 1 amide bonds. The molecule has 0 saturated carbocycles. The first-order chi connectivity index (χ1) is 15.7. The quantitative estimate of drug-likeness (QED) is 0.709. The molecule has 10 heteroatoms. The summed E-state index contributed by atoms with van der Waals surface area (Å²) >= 11 is 0. The zero-order valence-electron chi connectivity index (χ0n) is 19.2. The third-order valence-corrected chi connectivity index (χ3v) is 5.54. The number of piperazine rings is 1. The third-order valence-electron chi connectivity index (χ3n) is 5.54. The van der Waals surface area contributed by atoms with Crippen molar-refractivity contribution in [3.05, 3.63) is 42.3 Å². The van der Waals surface area contributed by atoms with Gasteiger partial charge in [-0.3, -0.25) is 4.79 Å². The number of ether oxygens (including phenoxy) is 1. The molecular weight excluding hydrogens is 420 g/mol. The fourth-order valence-electron chi connectivity index (χ4n) is 3.75. The van der Waals surface area contributed by atoms with Crippen molar-refractivity contribution in [3.8, 4) is 0 Å². The minimum atomic E-state index is -0.870. The van der Waals surface area contributed by atoms with E-state index in [9.17, 15) is 4.79 Å². The van der Waals surface area contributed by atoms with Gasteiger partial charge in [0.15, 0.2) is 5.65 Å². The number of amidine groups is 1. The van der Waals surface area contributed by atoms with Crippen molar-refractivity contribution >= 4 is 34.5 Å². The maximum Gasteiger partial charge on any atom is 0.282 e. The predicted molar refractivity (Wildman–Crippen MR) is 129 cm³/mol. The van der Waals surface area contributed by atoms with Gasteiger partial charge < -0.3 is 26.0 Å². The van der Waals surface area contributed by atoms with Crippen molar-refractivity contribution in [3.63, 3.8) is 0 Å². The molecule has 2 aliphatic rings. The average molecular weight is 451 g/mol. The van der Waals surface area contributed by atoms with Crippen LogP contribution in [0, 0.1) is 0 Å². The molecule has 10 nitrogen and oxygen atoms in total. The van der Waals surface area contributed by atoms with Gasteiger partial charge in [0.2, 0.25) is 5.91 Å². The van der Waals surface area contributed by atoms with E-state index in [1.54, 1.807) is 24.9 Å². The van der Waals surface area contributed by atoms with E-state index in [2.05, 4.69) is 14.9 Å². The number of rotatable bonds is 3. The Morgan fingerprint density at radius 3 is 2.67 bits per heavy atom. The molecule has 2 aliphatic heterocycles. The zero-order chi connectivity index (χ0) is 23.6. The van der Waals surface area contributed by atoms with Gasteiger partial charge in [-0.25, -0.2) is 19.9 Å². The standard InChI is InChI=1S/C23H30N8O2/c1-15-4-5-16(8-9-26-22(24)33-15)17-6-7-18-20(28-17)29-19(14-27-18)30-10-12-31(13-11-30)21(32)23(2,3)25/h4-8,14-15H,9-13,25H2,1-3H3,(H2,24,26). The lowest BCUT2D eigenvalue weighted by Gasteiger charge is -2.37. The van der Waals surface area contributed by atoms with Crippen LogP contribution in [0.4, 0.5) is 5.82 Å². The highest BCUT2D eigenvalue weighted by atomic mass is 16.5. The number of anilines is 1. The lowest BCUT2D eigenvalue weighted by molar-refractivity contribution is -0.136. The molecule has 0 aromatic carbocycles. The van der Waals surface area contributed by atoms with Crippen LogP contribution >= 0.6 is 0 Å². The molecular formula is C23H30N8O2. The monoisotopic (exact) mass is 450 g/mol. The summed E-state index contributed by atoms with van der Waals surface area (Å²) in [6.45, 7) is 8.26. The molecule has 1 unspecified atom stereocenters. The molecule has 1 atom stereocenters. The summed E-state index contributed by atoms with van der Waals surface area (Å²) in [5.41, 5.74) is 13.8. The maximum absolute atomic E-state index is 12.4. The lowest BCUT2D eigenvalue weighted by atomic mass is 10.0. The largest absolute Gasteiger partial charge is 0.458 e. The Labute approximate surface area is 193 Å². The van der Waals surface area contributed by atoms with E-state index in [-0.39, 0.29) is 18.0 Å². The van der Waals surface area contributed by atoms with Crippen molar-refractivity contribution in [2.75, 3.05) is 37.6 Å². The van der Waals surface area contributed by atoms with Gasteiger partial charge in [-0.15, -0.1) is 0 Å². The van der Waals surface area contributed by atoms with E-state index in [4.69, 9.17) is 26.2 Å². The number of pyridine rings is 1. The van der Waals surface area contributed by atoms with Gasteiger partial charge >= 0.3 is 0 Å². The van der Waals surface area contributed by atoms with Crippen LogP contribution in [0.25, 0.3) is 16.7 Å². The Hall–Kier alpha value is -3.53. The van der Waals surface area contributed by atoms with Crippen molar-refractivity contribution in [2.45, 2.75) is 32.4 Å². The first kappa shape index (κ1) is 22.7. The molecule has 0 aliphatic carbocycles. The van der Waals surface area contributed by atoms with E-state index in [1.807, 2.05) is 37.3 Å². The molecule has 0 spiro atoms. The van der Waals surface area contributed by atoms with Crippen LogP contribution in [0.1, 0.15) is 26.5 Å². The summed E-state index contributed by atoms with van der Waals surface area (Å²) in [7, 11) is 0. The van der Waals surface area contributed by atoms with Crippen LogP contribution in [-0.4, -0.2) is 76.1 Å². The number of carbonyl (C=O) groups is 1. The maximum atomic E-state index is 12.4. The van der Waals surface area contributed by atoms with Crippen LogP contribution in [0.15, 0.2) is 41.6 Å². The van der Waals surface area contributed by atoms with E-state index in [0.29, 0.717) is 43.9 Å². The van der Waals surface area contributed by atoms with Gasteiger partial charge in [0.05, 0.1) is 24.0 Å². The van der Waals surface area contributed by atoms with Crippen LogP contribution in [-0.2, 0) is 9.53 Å². The molecule has 2 aromatic heterocycles. The number of hydrogen-bond donors (Lipinski definition) is 2. The highest BCUT2D eigenvalue weighted by molar-refractivity contribution is 5.85. The molecule has 2 aromatic rings. The predicted octanol–water partition coefficient (Wildman–Crippen LogP) is 1.08. The number of nitrogens with two attached hydrogens (primary N) is 2. The summed E-state index contributed by atoms with van der Waals surface area (Å²) in [5.74, 6) is 0.699. The summed E-state index contributed by atoms with van der Waals surface area (Å²) < 4.78 is 5.48. The number of allylic oxidation sites excluding steroid dienone is 2. The van der Waals surface area contributed by atoms with Gasteiger partial charge in [-0.1, -0.05) is 12.2 Å². The number of hydrogen-bond acceptors (Lipinski definition) is 9. The highest BCUT2D eigenvalue weighted by Gasteiger charge is 2.30. The first-order valence-electron chi connectivity index (χ1n) is 11.0. The number of nitrogens with zero attached hydrogens (tertiary/aromatic N) is 6. The summed E-state index contributed by atoms with van der Waals surface area (Å²) in [6.07, 6.45) is 7.38. The normalized spacial score (nSPS) is 19.8. The molecule has 1 saturated heterocycles. The highest BCUT2D eigenvalue weighted by Crippen LogP contribution is 2.21. The van der Waals surface area contributed by atoms with E-state index < -0.39 is 5.54 Å². The van der Waals surface area contributed by atoms with Crippen LogP contribution in [0.3, 0.4) is 0 Å². The SMILES string of the molecule is CC1C=CC(c2ccc3ncc(N4CCN(C(=O)C(C)(C)N)CC4)nc3n2)=CCN=C(N)O1. The summed E-state index contributed by atoms with van der Waals surface area (Å²) in [6, 6.07) is 4.00. The van der Waals surface area contributed by atoms with Crippen molar-refractivity contribution in [1.82, 2.24) is 19.9 Å². The Kier molecular flexibility index (Phi) is 6.28. The lowest BCUT2D eigenvalue weighted by Crippen LogP contribution is -2.57. The summed E-state index contributed by atoms with van der Waals surface area (Å²) in [5, 5.41) is 0. The van der Waals surface area contributed by atoms with Gasteiger partial charge in [0.25, 0.3) is 6.02 Å². The van der Waals surface area contributed by atoms with E-state index in [0.717, 1.165) is 17.1 Å². The number of aromatic nitrogens is 3. The number of fused-ring (bicyclic) bond motifs is 1. The van der Waals surface area contributed by atoms with Crippen LogP contribution in [0.2, 0.25) is 0 Å². The second-order valence-electron chi connectivity index (χ2n) is 8.79. The number of amides is 1. The van der Waals surface area contributed by atoms with Crippen LogP contribution in [0.5, 0.6) is 0 Å². The minimum Gasteiger partial charge on any atom is -0.458 e. The topological polar surface area (TPSA) is 136 Å².